The summed E-state index contributed by atoms with van der Waals surface area (Å²) in [5.74, 6) is 3.09. The molecular weight excluding hydrogens is 726 g/mol. The molecule has 53 heavy (non-hydrogen) atoms. The third-order valence-electron chi connectivity index (χ3n) is 7.49. The number of nitrogens with zero attached hydrogens (tertiary/aromatic N) is 4. The monoisotopic (exact) mass is 754 g/mol. The van der Waals surface area contributed by atoms with E-state index in [0.717, 1.165) is 31.3 Å². The molecule has 0 amide bonds. The number of rotatable bonds is 14. The summed E-state index contributed by atoms with van der Waals surface area (Å²) in [5.41, 5.74) is 0. The Hall–Kier alpha value is -5.99. The maximum atomic E-state index is 6.67. The second kappa shape index (κ2) is 16.6. The van der Waals surface area contributed by atoms with E-state index in [4.69, 9.17) is 27.1 Å². The number of pyridine rings is 4. The summed E-state index contributed by atoms with van der Waals surface area (Å²) < 4.78 is 38.4. The Kier molecular flexibility index (Phi) is 10.7. The Morgan fingerprint density at radius 1 is 0.358 bits per heavy atom. The molecule has 0 fully saturated rings. The summed E-state index contributed by atoms with van der Waals surface area (Å²) in [4.78, 5) is 18.4. The van der Waals surface area contributed by atoms with Gasteiger partial charge in [-0.05, 0) is 82.2 Å². The van der Waals surface area contributed by atoms with Gasteiger partial charge in [0, 0.05) is 24.8 Å². The second-order valence-electron chi connectivity index (χ2n) is 11.1. The van der Waals surface area contributed by atoms with Gasteiger partial charge in [0.2, 0.25) is 0 Å². The molecule has 13 heteroatoms. The molecule has 0 bridgehead atoms. The zero-order chi connectivity index (χ0) is 35.7. The first-order chi connectivity index (χ1) is 26.2. The molecule has 4 heterocycles. The third-order valence-corrected chi connectivity index (χ3v) is 10.9. The van der Waals surface area contributed by atoms with Crippen molar-refractivity contribution in [1.29, 1.82) is 0 Å². The van der Waals surface area contributed by atoms with Crippen LogP contribution in [0, 0.1) is 0 Å². The lowest BCUT2D eigenvalue weighted by atomic mass is 10.1. The van der Waals surface area contributed by atoms with Crippen molar-refractivity contribution in [2.45, 2.75) is 9.79 Å². The van der Waals surface area contributed by atoms with Crippen LogP contribution in [0.25, 0.3) is 21.5 Å². The summed E-state index contributed by atoms with van der Waals surface area (Å²) >= 11 is 1.51. The molecule has 8 aromatic rings. The number of benzene rings is 4. The summed E-state index contributed by atoms with van der Waals surface area (Å²) in [6.07, 6.45) is 13.1. The molecule has 4 aromatic carbocycles. The Bertz CT molecular complexity index is 2170. The fourth-order valence-electron chi connectivity index (χ4n) is 5.12. The lowest BCUT2D eigenvalue weighted by Crippen LogP contribution is -2.04. The van der Waals surface area contributed by atoms with Crippen molar-refractivity contribution in [3.05, 3.63) is 171 Å². The molecule has 0 aliphatic rings. The standard InChI is InChI=1S/C40H28N4O6P2S/c1-3-15-35-29(9-1)17-19-37(49-51(45-31-11-5-21-41-25-31)46-32-12-6-22-42-26-32)39(35)53-40-36-16-4-2-10-30(36)18-20-38(40)50-52(47-33-13-7-23-43-27-33)48-34-14-8-24-44-28-34/h1-28H. The van der Waals surface area contributed by atoms with Crippen LogP contribution in [0.2, 0.25) is 0 Å². The van der Waals surface area contributed by atoms with Gasteiger partial charge in [-0.25, -0.2) is 0 Å². The van der Waals surface area contributed by atoms with Gasteiger partial charge in [0.25, 0.3) is 0 Å². The van der Waals surface area contributed by atoms with Crippen molar-refractivity contribution >= 4 is 50.5 Å². The molecule has 0 N–H and O–H groups in total. The Balaban J connectivity index is 1.20. The van der Waals surface area contributed by atoms with Crippen molar-refractivity contribution < 1.29 is 27.1 Å². The van der Waals surface area contributed by atoms with Crippen LogP contribution in [0.15, 0.2) is 181 Å². The van der Waals surface area contributed by atoms with E-state index in [1.165, 1.54) is 11.8 Å². The molecule has 0 spiro atoms. The van der Waals surface area contributed by atoms with Gasteiger partial charge in [0.15, 0.2) is 0 Å². The zero-order valence-corrected chi connectivity index (χ0v) is 30.3. The van der Waals surface area contributed by atoms with Crippen molar-refractivity contribution in [3.8, 4) is 34.5 Å². The van der Waals surface area contributed by atoms with Crippen LogP contribution < -0.4 is 27.1 Å². The van der Waals surface area contributed by atoms with Crippen LogP contribution in [0.3, 0.4) is 0 Å². The molecule has 8 rings (SSSR count). The number of fused-ring (bicyclic) bond motifs is 2. The van der Waals surface area contributed by atoms with Gasteiger partial charge >= 0.3 is 17.2 Å². The van der Waals surface area contributed by atoms with Gasteiger partial charge in [-0.2, -0.15) is 0 Å². The fourth-order valence-corrected chi connectivity index (χ4v) is 8.43. The van der Waals surface area contributed by atoms with E-state index in [-0.39, 0.29) is 0 Å². The maximum absolute atomic E-state index is 6.67. The maximum Gasteiger partial charge on any atom is 0.530 e. The highest BCUT2D eigenvalue weighted by Gasteiger charge is 2.27. The number of hydrogen-bond donors (Lipinski definition) is 0. The van der Waals surface area contributed by atoms with Gasteiger partial charge in [-0.15, -0.1) is 0 Å². The predicted molar refractivity (Wildman–Crippen MR) is 207 cm³/mol. The summed E-state index contributed by atoms with van der Waals surface area (Å²) in [6, 6.07) is 38.5. The molecule has 0 aliphatic heterocycles. The highest BCUT2D eigenvalue weighted by atomic mass is 32.2. The fraction of sp³-hybridized carbons (Fsp3) is 0. The highest BCUT2D eigenvalue weighted by molar-refractivity contribution is 8.00. The smallest absolute Gasteiger partial charge is 0.407 e. The first-order valence-electron chi connectivity index (χ1n) is 16.2. The molecule has 0 aliphatic carbocycles. The SMILES string of the molecule is c1cncc(OP(Oc2cccnc2)Oc2ccc3ccccc3c2Sc2c(OP(Oc3cccnc3)Oc3cccnc3)ccc3ccccc23)c1. The molecule has 0 saturated carbocycles. The van der Waals surface area contributed by atoms with E-state index in [9.17, 15) is 0 Å². The number of aromatic nitrogens is 4. The summed E-state index contributed by atoms with van der Waals surface area (Å²) in [7, 11) is -4.04. The third kappa shape index (κ3) is 8.56. The van der Waals surface area contributed by atoms with Gasteiger partial charge in [0.1, 0.15) is 34.5 Å². The van der Waals surface area contributed by atoms with Crippen molar-refractivity contribution in [2.75, 3.05) is 0 Å². The minimum Gasteiger partial charge on any atom is -0.407 e. The lowest BCUT2D eigenvalue weighted by Gasteiger charge is -2.22. The van der Waals surface area contributed by atoms with Crippen LogP contribution in [0.1, 0.15) is 0 Å². The molecule has 4 aromatic heterocycles. The van der Waals surface area contributed by atoms with Crippen LogP contribution in [0.5, 0.6) is 34.5 Å². The quantitative estimate of drug-likeness (QED) is 0.0990. The second-order valence-corrected chi connectivity index (χ2v) is 14.1. The first-order valence-corrected chi connectivity index (χ1v) is 19.3. The van der Waals surface area contributed by atoms with Crippen molar-refractivity contribution in [3.63, 3.8) is 0 Å². The summed E-state index contributed by atoms with van der Waals surface area (Å²) in [5, 5.41) is 3.98. The molecular formula is C40H28N4O6P2S. The van der Waals surface area contributed by atoms with Gasteiger partial charge < -0.3 is 27.1 Å². The Morgan fingerprint density at radius 2 is 0.717 bits per heavy atom. The van der Waals surface area contributed by atoms with E-state index < -0.39 is 17.2 Å². The van der Waals surface area contributed by atoms with Gasteiger partial charge in [0.05, 0.1) is 34.6 Å². The van der Waals surface area contributed by atoms with E-state index in [0.29, 0.717) is 34.5 Å². The number of hydrogen-bond acceptors (Lipinski definition) is 11. The van der Waals surface area contributed by atoms with Crippen LogP contribution in [0.4, 0.5) is 0 Å². The van der Waals surface area contributed by atoms with Crippen LogP contribution >= 0.6 is 29.0 Å². The van der Waals surface area contributed by atoms with Gasteiger partial charge in [-0.3, -0.25) is 19.9 Å². The average Bonchev–Trinajstić information content (AvgIpc) is 3.21. The van der Waals surface area contributed by atoms with E-state index in [1.807, 2.05) is 48.5 Å². The Morgan fingerprint density at radius 3 is 1.06 bits per heavy atom. The van der Waals surface area contributed by atoms with Gasteiger partial charge in [-0.1, -0.05) is 72.4 Å². The lowest BCUT2D eigenvalue weighted by molar-refractivity contribution is 0.383. The first kappa shape index (κ1) is 34.1. The van der Waals surface area contributed by atoms with E-state index >= 15 is 0 Å². The largest absolute Gasteiger partial charge is 0.530 e. The highest BCUT2D eigenvalue weighted by Crippen LogP contribution is 2.53. The molecule has 0 unspecified atom stereocenters. The summed E-state index contributed by atoms with van der Waals surface area (Å²) in [6.45, 7) is 0. The molecule has 260 valence electrons. The molecule has 10 nitrogen and oxygen atoms in total. The molecule has 0 radical (unpaired) electrons. The van der Waals surface area contributed by atoms with Crippen LogP contribution in [-0.4, -0.2) is 19.9 Å². The zero-order valence-electron chi connectivity index (χ0n) is 27.7. The predicted octanol–water partition coefficient (Wildman–Crippen LogP) is 11.3. The van der Waals surface area contributed by atoms with E-state index in [1.54, 1.807) is 98.1 Å². The van der Waals surface area contributed by atoms with E-state index in [2.05, 4.69) is 44.2 Å². The normalized spacial score (nSPS) is 11.1. The average molecular weight is 755 g/mol. The van der Waals surface area contributed by atoms with Crippen molar-refractivity contribution in [1.82, 2.24) is 19.9 Å². The van der Waals surface area contributed by atoms with Crippen molar-refractivity contribution in [2.24, 2.45) is 0 Å². The molecule has 0 atom stereocenters. The topological polar surface area (TPSA) is 107 Å². The molecule has 0 saturated heterocycles. The van der Waals surface area contributed by atoms with Crippen LogP contribution in [-0.2, 0) is 0 Å². The minimum atomic E-state index is -2.02. The minimum absolute atomic E-state index is 0.498. The Labute approximate surface area is 311 Å².